The van der Waals surface area contributed by atoms with E-state index in [0.717, 1.165) is 49.1 Å². The number of carbonyl (C=O) groups excluding carboxylic acids is 1. The summed E-state index contributed by atoms with van der Waals surface area (Å²) in [6, 6.07) is 8.27. The lowest BCUT2D eigenvalue weighted by Crippen LogP contribution is -2.54. The van der Waals surface area contributed by atoms with Crippen molar-refractivity contribution in [3.63, 3.8) is 0 Å². The zero-order chi connectivity index (χ0) is 19.4. The van der Waals surface area contributed by atoms with Crippen LogP contribution < -0.4 is 5.32 Å². The van der Waals surface area contributed by atoms with Crippen molar-refractivity contribution >= 4 is 32.9 Å². The molecule has 6 rings (SSSR count). The largest absolute Gasteiger partial charge is 0.356 e. The van der Waals surface area contributed by atoms with Crippen molar-refractivity contribution in [1.82, 2.24) is 14.9 Å². The minimum absolute atomic E-state index is 0.255. The van der Waals surface area contributed by atoms with Crippen LogP contribution in [0, 0.1) is 24.2 Å². The second kappa shape index (κ2) is 6.86. The van der Waals surface area contributed by atoms with E-state index < -0.39 is 0 Å². The Morgan fingerprint density at radius 2 is 2.00 bits per heavy atom. The van der Waals surface area contributed by atoms with Crippen LogP contribution in [-0.4, -0.2) is 26.3 Å². The Balaban J connectivity index is 1.15. The quantitative estimate of drug-likeness (QED) is 0.505. The average Bonchev–Trinajstić information content (AvgIpc) is 2.91. The first-order valence-electron chi connectivity index (χ1n) is 10.8. The molecule has 0 radical (unpaired) electrons. The molecule has 1 N–H and O–H groups in total. The Kier molecular flexibility index (Phi) is 4.57. The molecule has 1 heterocycles. The molecule has 1 aromatic heterocycles. The van der Waals surface area contributed by atoms with Crippen LogP contribution in [0.5, 0.6) is 0 Å². The third-order valence-corrected chi connectivity index (χ3v) is 8.30. The van der Waals surface area contributed by atoms with E-state index in [1.165, 1.54) is 44.0 Å². The van der Waals surface area contributed by atoms with Gasteiger partial charge in [0.25, 0.3) is 0 Å². The molecular weight excluding hydrogens is 414 g/mol. The number of halogens is 1. The maximum atomic E-state index is 12.7. The number of amides is 1. The number of para-hydroxylation sites is 2. The number of hydrogen-bond donors (Lipinski definition) is 1. The highest BCUT2D eigenvalue weighted by molar-refractivity contribution is 9.10. The molecule has 4 fully saturated rings. The molecule has 4 aliphatic carbocycles. The van der Waals surface area contributed by atoms with Crippen molar-refractivity contribution in [2.75, 3.05) is 6.54 Å². The molecule has 4 aliphatic rings. The predicted molar refractivity (Wildman–Crippen MR) is 115 cm³/mol. The molecule has 150 valence electrons. The van der Waals surface area contributed by atoms with Crippen LogP contribution in [0.15, 0.2) is 24.3 Å². The van der Waals surface area contributed by atoms with E-state index >= 15 is 0 Å². The summed E-state index contributed by atoms with van der Waals surface area (Å²) < 4.78 is 2.59. The molecule has 1 amide bonds. The highest BCUT2D eigenvalue weighted by atomic mass is 79.9. The Morgan fingerprint density at radius 3 is 2.75 bits per heavy atom. The SMILES string of the molecule is Cc1nc2ccccc2n1CCCNC(=O)CC12CC3CC(CC(Br)(C3)C1)C2. The maximum Gasteiger partial charge on any atom is 0.220 e. The smallest absolute Gasteiger partial charge is 0.220 e. The predicted octanol–water partition coefficient (Wildman–Crippen LogP) is 4.98. The van der Waals surface area contributed by atoms with E-state index in [4.69, 9.17) is 0 Å². The highest BCUT2D eigenvalue weighted by Gasteiger charge is 2.57. The summed E-state index contributed by atoms with van der Waals surface area (Å²) in [6.45, 7) is 3.70. The third-order valence-electron chi connectivity index (χ3n) is 7.37. The summed E-state index contributed by atoms with van der Waals surface area (Å²) in [5.74, 6) is 2.98. The summed E-state index contributed by atoms with van der Waals surface area (Å²) in [7, 11) is 0. The van der Waals surface area contributed by atoms with Gasteiger partial charge in [0, 0.05) is 23.8 Å². The van der Waals surface area contributed by atoms with E-state index in [1.54, 1.807) is 0 Å². The number of hydrogen-bond acceptors (Lipinski definition) is 2. The van der Waals surface area contributed by atoms with Crippen molar-refractivity contribution in [3.05, 3.63) is 30.1 Å². The lowest BCUT2D eigenvalue weighted by molar-refractivity contribution is -0.128. The van der Waals surface area contributed by atoms with E-state index in [9.17, 15) is 4.79 Å². The molecular formula is C23H30BrN3O. The third kappa shape index (κ3) is 3.40. The lowest BCUT2D eigenvalue weighted by atomic mass is 9.48. The lowest BCUT2D eigenvalue weighted by Gasteiger charge is -2.60. The van der Waals surface area contributed by atoms with Gasteiger partial charge in [0.1, 0.15) is 5.82 Å². The second-order valence-corrected chi connectivity index (χ2v) is 11.5. The van der Waals surface area contributed by atoms with Gasteiger partial charge >= 0.3 is 0 Å². The standard InChI is InChI=1S/C23H30BrN3O/c1-16-26-19-5-2-3-6-20(19)27(16)8-4-7-25-21(28)14-22-10-17-9-18(11-22)13-23(24,12-17)15-22/h2-3,5-6,17-18H,4,7-15H2,1H3,(H,25,28). The number of nitrogens with one attached hydrogen (secondary N) is 1. The van der Waals surface area contributed by atoms with Gasteiger partial charge in [0.05, 0.1) is 11.0 Å². The summed E-state index contributed by atoms with van der Waals surface area (Å²) in [4.78, 5) is 17.4. The second-order valence-electron chi connectivity index (χ2n) is 9.79. The van der Waals surface area contributed by atoms with Gasteiger partial charge in [-0.2, -0.15) is 0 Å². The van der Waals surface area contributed by atoms with E-state index in [2.05, 4.69) is 55.9 Å². The summed E-state index contributed by atoms with van der Waals surface area (Å²) in [5.41, 5.74) is 2.49. The zero-order valence-electron chi connectivity index (χ0n) is 16.7. The number of benzene rings is 1. The number of alkyl halides is 1. The van der Waals surface area contributed by atoms with Gasteiger partial charge in [-0.1, -0.05) is 28.1 Å². The first kappa shape index (κ1) is 18.7. The number of carbonyl (C=O) groups is 1. The minimum atomic E-state index is 0.255. The zero-order valence-corrected chi connectivity index (χ0v) is 18.3. The Hall–Kier alpha value is -1.36. The van der Waals surface area contributed by atoms with Crippen LogP contribution >= 0.6 is 15.9 Å². The molecule has 0 spiro atoms. The number of aromatic nitrogens is 2. The number of fused-ring (bicyclic) bond motifs is 1. The van der Waals surface area contributed by atoms with Crippen LogP contribution in [0.25, 0.3) is 11.0 Å². The van der Waals surface area contributed by atoms with Gasteiger partial charge in [0.15, 0.2) is 0 Å². The fourth-order valence-electron chi connectivity index (χ4n) is 6.89. The van der Waals surface area contributed by atoms with Gasteiger partial charge in [-0.05, 0) is 81.3 Å². The van der Waals surface area contributed by atoms with Gasteiger partial charge in [-0.3, -0.25) is 4.79 Å². The number of imidazole rings is 1. The van der Waals surface area contributed by atoms with Crippen molar-refractivity contribution < 1.29 is 4.79 Å². The van der Waals surface area contributed by atoms with Crippen molar-refractivity contribution in [1.29, 1.82) is 0 Å². The van der Waals surface area contributed by atoms with Crippen molar-refractivity contribution in [2.24, 2.45) is 17.3 Å². The summed E-state index contributed by atoms with van der Waals surface area (Å²) in [5, 5.41) is 3.21. The highest BCUT2D eigenvalue weighted by Crippen LogP contribution is 2.65. The minimum Gasteiger partial charge on any atom is -0.356 e. The normalized spacial score (nSPS) is 33.5. The first-order valence-corrected chi connectivity index (χ1v) is 11.6. The van der Waals surface area contributed by atoms with Gasteiger partial charge in [-0.25, -0.2) is 4.98 Å². The molecule has 0 aliphatic heterocycles. The van der Waals surface area contributed by atoms with Crippen LogP contribution in [0.1, 0.15) is 57.2 Å². The molecule has 1 aromatic carbocycles. The number of rotatable bonds is 6. The maximum absolute atomic E-state index is 12.7. The Morgan fingerprint density at radius 1 is 1.25 bits per heavy atom. The first-order chi connectivity index (χ1) is 13.4. The fraction of sp³-hybridized carbons (Fsp3) is 0.652. The van der Waals surface area contributed by atoms with Crippen LogP contribution in [0.4, 0.5) is 0 Å². The molecule has 4 bridgehead atoms. The summed E-state index contributed by atoms with van der Waals surface area (Å²) >= 11 is 4.05. The molecule has 28 heavy (non-hydrogen) atoms. The van der Waals surface area contributed by atoms with E-state index in [0.29, 0.717) is 4.32 Å². The average molecular weight is 444 g/mol. The summed E-state index contributed by atoms with van der Waals surface area (Å²) in [6.07, 6.45) is 9.44. The molecule has 5 heteroatoms. The van der Waals surface area contributed by atoms with Gasteiger partial charge < -0.3 is 9.88 Å². The van der Waals surface area contributed by atoms with Crippen LogP contribution in [0.2, 0.25) is 0 Å². The molecule has 2 aromatic rings. The Bertz CT molecular complexity index is 890. The topological polar surface area (TPSA) is 46.9 Å². The molecule has 4 saturated carbocycles. The number of nitrogens with zero attached hydrogens (tertiary/aromatic N) is 2. The molecule has 2 unspecified atom stereocenters. The van der Waals surface area contributed by atoms with Gasteiger partial charge in [0.2, 0.25) is 5.91 Å². The Labute approximate surface area is 175 Å². The molecule has 4 nitrogen and oxygen atoms in total. The van der Waals surface area contributed by atoms with Crippen LogP contribution in [0.3, 0.4) is 0 Å². The monoisotopic (exact) mass is 443 g/mol. The van der Waals surface area contributed by atoms with Gasteiger partial charge in [-0.15, -0.1) is 0 Å². The van der Waals surface area contributed by atoms with E-state index in [1.807, 2.05) is 6.07 Å². The van der Waals surface area contributed by atoms with Crippen LogP contribution in [-0.2, 0) is 11.3 Å². The molecule has 0 saturated heterocycles. The fourth-order valence-corrected chi connectivity index (χ4v) is 8.40. The number of aryl methyl sites for hydroxylation is 2. The molecule has 2 atom stereocenters. The van der Waals surface area contributed by atoms with E-state index in [-0.39, 0.29) is 11.3 Å². The van der Waals surface area contributed by atoms with Crippen molar-refractivity contribution in [3.8, 4) is 0 Å². The van der Waals surface area contributed by atoms with Crippen molar-refractivity contribution in [2.45, 2.75) is 69.2 Å².